The van der Waals surface area contributed by atoms with E-state index in [0.29, 0.717) is 5.56 Å². The Hall–Kier alpha value is -2.91. The van der Waals surface area contributed by atoms with Gasteiger partial charge >= 0.3 is 5.97 Å². The van der Waals surface area contributed by atoms with Crippen LogP contribution in [0.25, 0.3) is 0 Å². The van der Waals surface area contributed by atoms with E-state index in [1.165, 1.54) is 18.3 Å². The molecule has 0 amide bonds. The number of aromatic hydroxyl groups is 2. The summed E-state index contributed by atoms with van der Waals surface area (Å²) in [4.78, 5) is 14.1. The maximum absolute atomic E-state index is 11.1. The Morgan fingerprint density at radius 2 is 1.76 bits per heavy atom. The predicted molar refractivity (Wildman–Crippen MR) is 89.2 cm³/mol. The van der Waals surface area contributed by atoms with E-state index in [0.717, 1.165) is 18.2 Å². The first-order valence-electron chi connectivity index (χ1n) is 7.05. The van der Waals surface area contributed by atoms with Crippen molar-refractivity contribution in [2.75, 3.05) is 0 Å². The monoisotopic (exact) mass is 365 g/mol. The lowest BCUT2D eigenvalue weighted by atomic mass is 10.1. The third-order valence-electron chi connectivity index (χ3n) is 3.31. The average molecular weight is 365 g/mol. The summed E-state index contributed by atoms with van der Waals surface area (Å²) >= 11 is 0. The minimum atomic E-state index is -4.45. The minimum absolute atomic E-state index is 0.0709. The van der Waals surface area contributed by atoms with E-state index < -0.39 is 21.0 Å². The second-order valence-electron chi connectivity index (χ2n) is 5.17. The van der Waals surface area contributed by atoms with Crippen LogP contribution in [-0.2, 0) is 21.3 Å². The van der Waals surface area contributed by atoms with Crippen LogP contribution in [-0.4, -0.2) is 40.5 Å². The fourth-order valence-corrected chi connectivity index (χ4v) is 2.52. The first-order valence-corrected chi connectivity index (χ1v) is 8.49. The van der Waals surface area contributed by atoms with Gasteiger partial charge in [-0.2, -0.15) is 8.42 Å². The first kappa shape index (κ1) is 18.4. The highest BCUT2D eigenvalue weighted by atomic mass is 32.2. The van der Waals surface area contributed by atoms with Gasteiger partial charge in [-0.1, -0.05) is 6.07 Å². The third kappa shape index (κ3) is 5.03. The molecular weight excluding hydrogens is 350 g/mol. The molecule has 0 unspecified atom stereocenters. The number of carbonyl (C=O) groups is 1. The highest BCUT2D eigenvalue weighted by Gasteiger charge is 2.12. The second kappa shape index (κ2) is 7.32. The zero-order valence-electron chi connectivity index (χ0n) is 12.8. The smallest absolute Gasteiger partial charge is 0.303 e. The lowest BCUT2D eigenvalue weighted by Gasteiger charge is -2.04. The van der Waals surface area contributed by atoms with Gasteiger partial charge in [-0.25, -0.2) is 0 Å². The molecule has 0 saturated heterocycles. The molecule has 0 fully saturated rings. The molecule has 0 aliphatic carbocycles. The number of aliphatic carboxylic acids is 1. The van der Waals surface area contributed by atoms with Gasteiger partial charge in [-0.3, -0.25) is 14.3 Å². The maximum atomic E-state index is 11.1. The highest BCUT2D eigenvalue weighted by Crippen LogP contribution is 2.29. The number of carboxylic acids is 1. The first-order chi connectivity index (χ1) is 11.7. The van der Waals surface area contributed by atoms with Crippen molar-refractivity contribution in [1.82, 2.24) is 0 Å². The number of hydrogen-bond acceptors (Lipinski definition) is 6. The molecule has 8 nitrogen and oxygen atoms in total. The second-order valence-corrected chi connectivity index (χ2v) is 6.59. The summed E-state index contributed by atoms with van der Waals surface area (Å²) in [6.07, 6.45) is 1.39. The summed E-state index contributed by atoms with van der Waals surface area (Å²) in [7, 11) is -4.45. The van der Waals surface area contributed by atoms with E-state index in [1.54, 1.807) is 6.07 Å². The van der Waals surface area contributed by atoms with Crippen LogP contribution in [0.3, 0.4) is 0 Å². The van der Waals surface area contributed by atoms with Crippen molar-refractivity contribution in [3.63, 3.8) is 0 Å². The molecule has 25 heavy (non-hydrogen) atoms. The van der Waals surface area contributed by atoms with Gasteiger partial charge in [-0.15, -0.1) is 0 Å². The standard InChI is InChI=1S/C16H15NO7S/c18-14-4-1-10(2-6-16(20)21)7-11(14)9-17-13-8-12(25(22,23)24)3-5-15(13)19/h1,3-5,7-9,18-19H,2,6H2,(H,20,21)(H,22,23,24). The summed E-state index contributed by atoms with van der Waals surface area (Å²) in [5, 5.41) is 28.3. The number of aliphatic imine (C=N–C) groups is 1. The molecule has 0 aliphatic heterocycles. The Kier molecular flexibility index (Phi) is 5.40. The number of benzene rings is 2. The predicted octanol–water partition coefficient (Wildman–Crippen LogP) is 2.11. The molecule has 2 rings (SSSR count). The van der Waals surface area contributed by atoms with Crippen LogP contribution in [0.15, 0.2) is 46.3 Å². The van der Waals surface area contributed by atoms with Crippen LogP contribution in [0.1, 0.15) is 17.5 Å². The largest absolute Gasteiger partial charge is 0.507 e. The molecule has 0 atom stereocenters. The molecule has 9 heteroatoms. The van der Waals surface area contributed by atoms with Crippen molar-refractivity contribution in [3.8, 4) is 11.5 Å². The number of aryl methyl sites for hydroxylation is 1. The Morgan fingerprint density at radius 3 is 2.40 bits per heavy atom. The normalized spacial score (nSPS) is 11.7. The lowest BCUT2D eigenvalue weighted by Crippen LogP contribution is -1.98. The number of hydrogen-bond donors (Lipinski definition) is 4. The van der Waals surface area contributed by atoms with Crippen molar-refractivity contribution >= 4 is 28.0 Å². The zero-order chi connectivity index (χ0) is 18.6. The van der Waals surface area contributed by atoms with Crippen molar-refractivity contribution in [1.29, 1.82) is 0 Å². The van der Waals surface area contributed by atoms with Gasteiger partial charge in [0.2, 0.25) is 0 Å². The Morgan fingerprint density at radius 1 is 1.08 bits per heavy atom. The molecule has 0 bridgehead atoms. The lowest BCUT2D eigenvalue weighted by molar-refractivity contribution is -0.136. The van der Waals surface area contributed by atoms with Crippen LogP contribution in [0.4, 0.5) is 5.69 Å². The summed E-state index contributed by atoms with van der Waals surface area (Å²) in [5.41, 5.74) is 0.808. The molecule has 4 N–H and O–H groups in total. The SMILES string of the molecule is O=C(O)CCc1ccc(O)c(C=Nc2cc(S(=O)(=O)O)ccc2O)c1. The zero-order valence-corrected chi connectivity index (χ0v) is 13.6. The van der Waals surface area contributed by atoms with Crippen LogP contribution in [0.2, 0.25) is 0 Å². The summed E-state index contributed by atoms with van der Waals surface area (Å²) in [6.45, 7) is 0. The van der Waals surface area contributed by atoms with Gasteiger partial charge in [0.1, 0.15) is 17.2 Å². The molecule has 132 valence electrons. The number of phenolic OH excluding ortho intramolecular Hbond substituents is 2. The van der Waals surface area contributed by atoms with E-state index in [1.807, 2.05) is 0 Å². The molecule has 0 spiro atoms. The van der Waals surface area contributed by atoms with Crippen LogP contribution in [0.5, 0.6) is 11.5 Å². The van der Waals surface area contributed by atoms with Crippen molar-refractivity contribution < 1.29 is 33.1 Å². The summed E-state index contributed by atoms with van der Waals surface area (Å²) in [6, 6.07) is 7.56. The van der Waals surface area contributed by atoms with E-state index in [4.69, 9.17) is 9.66 Å². The molecular formula is C16H15NO7S. The highest BCUT2D eigenvalue weighted by molar-refractivity contribution is 7.85. The van der Waals surface area contributed by atoms with Crippen LogP contribution >= 0.6 is 0 Å². The molecule has 0 saturated carbocycles. The van der Waals surface area contributed by atoms with Crippen LogP contribution in [0, 0.1) is 0 Å². The number of nitrogens with zero attached hydrogens (tertiary/aromatic N) is 1. The molecule has 0 heterocycles. The van der Waals surface area contributed by atoms with Crippen molar-refractivity contribution in [2.24, 2.45) is 4.99 Å². The van der Waals surface area contributed by atoms with Gasteiger partial charge in [-0.05, 0) is 42.3 Å². The summed E-state index contributed by atoms with van der Waals surface area (Å²) < 4.78 is 31.3. The fraction of sp³-hybridized carbons (Fsp3) is 0.125. The topological polar surface area (TPSA) is 144 Å². The molecule has 0 aromatic heterocycles. The Labute approximate surface area is 143 Å². The molecule has 0 aliphatic rings. The van der Waals surface area contributed by atoms with Gasteiger partial charge in [0.05, 0.1) is 4.90 Å². The van der Waals surface area contributed by atoms with E-state index in [-0.39, 0.29) is 35.6 Å². The summed E-state index contributed by atoms with van der Waals surface area (Å²) in [5.74, 6) is -1.38. The number of carboxylic acid groups (broad SMARTS) is 1. The van der Waals surface area contributed by atoms with Crippen LogP contribution < -0.4 is 0 Å². The van der Waals surface area contributed by atoms with Gasteiger partial charge in [0.25, 0.3) is 10.1 Å². The quantitative estimate of drug-likeness (QED) is 0.453. The third-order valence-corrected chi connectivity index (χ3v) is 4.16. The molecule has 2 aromatic rings. The number of rotatable bonds is 6. The van der Waals surface area contributed by atoms with Crippen molar-refractivity contribution in [2.45, 2.75) is 17.7 Å². The van der Waals surface area contributed by atoms with Gasteiger partial charge in [0.15, 0.2) is 0 Å². The Balaban J connectivity index is 2.33. The molecule has 0 radical (unpaired) electrons. The minimum Gasteiger partial charge on any atom is -0.507 e. The Bertz CT molecular complexity index is 935. The van der Waals surface area contributed by atoms with Gasteiger partial charge < -0.3 is 15.3 Å². The average Bonchev–Trinajstić information content (AvgIpc) is 2.53. The van der Waals surface area contributed by atoms with E-state index >= 15 is 0 Å². The number of phenols is 2. The van der Waals surface area contributed by atoms with Crippen molar-refractivity contribution in [3.05, 3.63) is 47.5 Å². The van der Waals surface area contributed by atoms with Gasteiger partial charge in [0, 0.05) is 18.2 Å². The van der Waals surface area contributed by atoms with E-state index in [9.17, 15) is 23.4 Å². The fourth-order valence-electron chi connectivity index (χ4n) is 2.02. The maximum Gasteiger partial charge on any atom is 0.303 e. The molecule has 2 aromatic carbocycles. The van der Waals surface area contributed by atoms with E-state index in [2.05, 4.69) is 4.99 Å².